The van der Waals surface area contributed by atoms with E-state index in [4.69, 9.17) is 9.47 Å². The first-order chi connectivity index (χ1) is 12.7. The second kappa shape index (κ2) is 8.90. The van der Waals surface area contributed by atoms with Gasteiger partial charge in [0.1, 0.15) is 0 Å². The highest BCUT2D eigenvalue weighted by Crippen LogP contribution is 2.30. The van der Waals surface area contributed by atoms with E-state index in [1.807, 2.05) is 19.1 Å². The van der Waals surface area contributed by atoms with Crippen molar-refractivity contribution >= 4 is 16.1 Å². The number of nitrogens with zero attached hydrogens (tertiary/aromatic N) is 2. The number of hydrogen-bond acceptors (Lipinski definition) is 5. The zero-order valence-corrected chi connectivity index (χ0v) is 17.4. The van der Waals surface area contributed by atoms with Crippen molar-refractivity contribution in [1.82, 2.24) is 13.9 Å². The van der Waals surface area contributed by atoms with Crippen molar-refractivity contribution < 1.29 is 22.7 Å². The zero-order chi connectivity index (χ0) is 20.2. The SMILES string of the molecule is COc1ccc([C@H](C)NC(=O)[C@H]2CCCN(S(=O)(=O)N(C)C)C2)cc1OC. The van der Waals surface area contributed by atoms with Crippen LogP contribution in [-0.4, -0.2) is 64.3 Å². The van der Waals surface area contributed by atoms with Gasteiger partial charge in [-0.3, -0.25) is 4.79 Å². The van der Waals surface area contributed by atoms with Crippen LogP contribution in [0.5, 0.6) is 11.5 Å². The van der Waals surface area contributed by atoms with Crippen LogP contribution in [0.2, 0.25) is 0 Å². The molecule has 0 aromatic heterocycles. The van der Waals surface area contributed by atoms with Gasteiger partial charge < -0.3 is 14.8 Å². The van der Waals surface area contributed by atoms with Crippen LogP contribution >= 0.6 is 0 Å². The summed E-state index contributed by atoms with van der Waals surface area (Å²) in [6, 6.07) is 5.25. The first kappa shape index (κ1) is 21.5. The minimum absolute atomic E-state index is 0.143. The summed E-state index contributed by atoms with van der Waals surface area (Å²) in [6.45, 7) is 2.52. The third-order valence-electron chi connectivity index (χ3n) is 4.81. The minimum Gasteiger partial charge on any atom is -0.493 e. The van der Waals surface area contributed by atoms with E-state index < -0.39 is 10.2 Å². The average Bonchev–Trinajstić information content (AvgIpc) is 2.67. The Morgan fingerprint density at radius 2 is 1.93 bits per heavy atom. The van der Waals surface area contributed by atoms with Crippen LogP contribution in [-0.2, 0) is 15.0 Å². The number of carbonyl (C=O) groups excluding carboxylic acids is 1. The van der Waals surface area contributed by atoms with E-state index in [0.29, 0.717) is 30.9 Å². The first-order valence-electron chi connectivity index (χ1n) is 8.90. The van der Waals surface area contributed by atoms with Gasteiger partial charge in [-0.15, -0.1) is 0 Å². The Balaban J connectivity index is 2.06. The molecule has 1 saturated heterocycles. The van der Waals surface area contributed by atoms with Gasteiger partial charge in [0, 0.05) is 27.2 Å². The number of nitrogens with one attached hydrogen (secondary N) is 1. The van der Waals surface area contributed by atoms with E-state index in [2.05, 4.69) is 5.32 Å². The molecule has 27 heavy (non-hydrogen) atoms. The smallest absolute Gasteiger partial charge is 0.281 e. The molecule has 0 saturated carbocycles. The summed E-state index contributed by atoms with van der Waals surface area (Å²) < 4.78 is 37.7. The highest BCUT2D eigenvalue weighted by atomic mass is 32.2. The number of ether oxygens (including phenoxy) is 2. The van der Waals surface area contributed by atoms with Gasteiger partial charge in [0.2, 0.25) is 5.91 Å². The lowest BCUT2D eigenvalue weighted by molar-refractivity contribution is -0.126. The van der Waals surface area contributed by atoms with Crippen LogP contribution < -0.4 is 14.8 Å². The van der Waals surface area contributed by atoms with Crippen LogP contribution in [0.15, 0.2) is 18.2 Å². The van der Waals surface area contributed by atoms with Crippen LogP contribution in [0.1, 0.15) is 31.4 Å². The van der Waals surface area contributed by atoms with Crippen LogP contribution in [0.4, 0.5) is 0 Å². The lowest BCUT2D eigenvalue weighted by atomic mass is 9.98. The molecule has 0 unspecified atom stereocenters. The summed E-state index contributed by atoms with van der Waals surface area (Å²) >= 11 is 0. The summed E-state index contributed by atoms with van der Waals surface area (Å²) in [6.07, 6.45) is 1.33. The van der Waals surface area contributed by atoms with Crippen molar-refractivity contribution in [2.24, 2.45) is 5.92 Å². The molecule has 1 aromatic rings. The fraction of sp³-hybridized carbons (Fsp3) is 0.611. The van der Waals surface area contributed by atoms with Gasteiger partial charge in [-0.05, 0) is 37.5 Å². The van der Waals surface area contributed by atoms with E-state index >= 15 is 0 Å². The molecular formula is C18H29N3O5S. The minimum atomic E-state index is -3.51. The summed E-state index contributed by atoms with van der Waals surface area (Å²) in [5.41, 5.74) is 0.884. The Kier molecular flexibility index (Phi) is 7.07. The Morgan fingerprint density at radius 1 is 1.26 bits per heavy atom. The first-order valence-corrected chi connectivity index (χ1v) is 10.3. The summed E-state index contributed by atoms with van der Waals surface area (Å²) in [7, 11) is 2.62. The van der Waals surface area contributed by atoms with Gasteiger partial charge in [-0.2, -0.15) is 17.0 Å². The molecule has 2 atom stereocenters. The van der Waals surface area contributed by atoms with Gasteiger partial charge in [0.05, 0.1) is 26.2 Å². The Hall–Kier alpha value is -1.84. The largest absolute Gasteiger partial charge is 0.493 e. The second-order valence-corrected chi connectivity index (χ2v) is 8.97. The highest BCUT2D eigenvalue weighted by molar-refractivity contribution is 7.86. The molecule has 1 heterocycles. The average molecular weight is 400 g/mol. The number of piperidine rings is 1. The number of hydrogen-bond donors (Lipinski definition) is 1. The number of amides is 1. The van der Waals surface area contributed by atoms with E-state index in [1.54, 1.807) is 20.3 Å². The molecule has 1 aliphatic heterocycles. The van der Waals surface area contributed by atoms with E-state index in [-0.39, 0.29) is 24.4 Å². The van der Waals surface area contributed by atoms with E-state index in [9.17, 15) is 13.2 Å². The molecule has 1 N–H and O–H groups in total. The lowest BCUT2D eigenvalue weighted by Gasteiger charge is -2.33. The molecule has 9 heteroatoms. The van der Waals surface area contributed by atoms with Gasteiger partial charge in [0.25, 0.3) is 10.2 Å². The normalized spacial score (nSPS) is 19.6. The van der Waals surface area contributed by atoms with Crippen LogP contribution in [0.25, 0.3) is 0 Å². The third-order valence-corrected chi connectivity index (χ3v) is 6.72. The fourth-order valence-corrected chi connectivity index (χ4v) is 4.32. The fourth-order valence-electron chi connectivity index (χ4n) is 3.13. The van der Waals surface area contributed by atoms with Crippen LogP contribution in [0, 0.1) is 5.92 Å². The number of carbonyl (C=O) groups is 1. The maximum absolute atomic E-state index is 12.7. The number of rotatable bonds is 7. The summed E-state index contributed by atoms with van der Waals surface area (Å²) in [5, 5.41) is 2.99. The standard InChI is InChI=1S/C18H29N3O5S/c1-13(14-8-9-16(25-4)17(11-14)26-5)19-18(22)15-7-6-10-21(12-15)27(23,24)20(2)3/h8-9,11,13,15H,6-7,10,12H2,1-5H3,(H,19,22)/t13-,15-/m0/s1. The molecule has 0 aliphatic carbocycles. The zero-order valence-electron chi connectivity index (χ0n) is 16.6. The van der Waals surface area contributed by atoms with Crippen molar-refractivity contribution in [1.29, 1.82) is 0 Å². The second-order valence-electron chi connectivity index (χ2n) is 6.83. The maximum Gasteiger partial charge on any atom is 0.281 e. The molecular weight excluding hydrogens is 370 g/mol. The predicted octanol–water partition coefficient (Wildman–Crippen LogP) is 1.40. The highest BCUT2D eigenvalue weighted by Gasteiger charge is 2.33. The predicted molar refractivity (Wildman–Crippen MR) is 103 cm³/mol. The van der Waals surface area contributed by atoms with Crippen molar-refractivity contribution in [2.45, 2.75) is 25.8 Å². The molecule has 152 valence electrons. The van der Waals surface area contributed by atoms with Crippen molar-refractivity contribution in [3.8, 4) is 11.5 Å². The molecule has 1 fully saturated rings. The van der Waals surface area contributed by atoms with Crippen molar-refractivity contribution in [3.63, 3.8) is 0 Å². The molecule has 1 aromatic carbocycles. The molecule has 0 bridgehead atoms. The van der Waals surface area contributed by atoms with Gasteiger partial charge >= 0.3 is 0 Å². The molecule has 1 aliphatic rings. The molecule has 0 radical (unpaired) electrons. The lowest BCUT2D eigenvalue weighted by Crippen LogP contribution is -2.49. The Bertz CT molecular complexity index is 766. The van der Waals surface area contributed by atoms with Gasteiger partial charge in [0.15, 0.2) is 11.5 Å². The quantitative estimate of drug-likeness (QED) is 0.749. The number of benzene rings is 1. The van der Waals surface area contributed by atoms with Crippen LogP contribution in [0.3, 0.4) is 0 Å². The monoisotopic (exact) mass is 399 g/mol. The van der Waals surface area contributed by atoms with E-state index in [1.165, 1.54) is 22.7 Å². The van der Waals surface area contributed by atoms with Gasteiger partial charge in [-0.25, -0.2) is 0 Å². The molecule has 1 amide bonds. The van der Waals surface area contributed by atoms with Gasteiger partial charge in [-0.1, -0.05) is 6.07 Å². The Morgan fingerprint density at radius 3 is 2.52 bits per heavy atom. The summed E-state index contributed by atoms with van der Waals surface area (Å²) in [5.74, 6) is 0.709. The molecule has 0 spiro atoms. The third kappa shape index (κ3) is 4.91. The topological polar surface area (TPSA) is 88.2 Å². The Labute approximate surface area is 161 Å². The van der Waals surface area contributed by atoms with Crippen molar-refractivity contribution in [3.05, 3.63) is 23.8 Å². The summed E-state index contributed by atoms with van der Waals surface area (Å²) in [4.78, 5) is 12.7. The molecule has 8 nitrogen and oxygen atoms in total. The molecule has 2 rings (SSSR count). The van der Waals surface area contributed by atoms with Crippen molar-refractivity contribution in [2.75, 3.05) is 41.4 Å². The maximum atomic E-state index is 12.7. The number of methoxy groups -OCH3 is 2. The van der Waals surface area contributed by atoms with E-state index in [0.717, 1.165) is 5.56 Å².